The summed E-state index contributed by atoms with van der Waals surface area (Å²) in [5.41, 5.74) is 1.46. The van der Waals surface area contributed by atoms with Crippen LogP contribution >= 0.6 is 0 Å². The molecule has 0 radical (unpaired) electrons. The quantitative estimate of drug-likeness (QED) is 0.883. The first kappa shape index (κ1) is 14.7. The summed E-state index contributed by atoms with van der Waals surface area (Å²) in [5.74, 6) is 0.472. The molecule has 1 saturated carbocycles. The molecule has 118 valence electrons. The molecule has 0 spiro atoms. The van der Waals surface area contributed by atoms with E-state index >= 15 is 0 Å². The van der Waals surface area contributed by atoms with E-state index in [1.807, 2.05) is 18.2 Å². The molecule has 0 unspecified atom stereocenters. The first-order chi connectivity index (χ1) is 10.7. The van der Waals surface area contributed by atoms with Crippen molar-refractivity contribution in [2.45, 2.75) is 31.7 Å². The van der Waals surface area contributed by atoms with Crippen molar-refractivity contribution in [3.05, 3.63) is 28.7 Å². The Bertz CT molecular complexity index is 738. The molecule has 3 rings (SSSR count). The van der Waals surface area contributed by atoms with Gasteiger partial charge in [0.25, 0.3) is 0 Å². The number of ether oxygens (including phenoxy) is 2. The predicted molar refractivity (Wildman–Crippen MR) is 82.1 cm³/mol. The Morgan fingerprint density at radius 3 is 2.59 bits per heavy atom. The third-order valence-electron chi connectivity index (χ3n) is 4.53. The van der Waals surface area contributed by atoms with Gasteiger partial charge in [0.1, 0.15) is 11.3 Å². The van der Waals surface area contributed by atoms with Gasteiger partial charge in [0.05, 0.1) is 25.7 Å². The second-order valence-corrected chi connectivity index (χ2v) is 5.68. The number of nitrogens with one attached hydrogen (secondary N) is 1. The summed E-state index contributed by atoms with van der Waals surface area (Å²) in [4.78, 5) is 26.8. The Labute approximate surface area is 128 Å². The fraction of sp³-hybridized carbons (Fsp3) is 0.500. The largest absolute Gasteiger partial charge is 0.494 e. The van der Waals surface area contributed by atoms with Crippen molar-refractivity contribution in [3.8, 4) is 5.75 Å². The van der Waals surface area contributed by atoms with Gasteiger partial charge < -0.3 is 14.5 Å². The van der Waals surface area contributed by atoms with Crippen LogP contribution in [0.2, 0.25) is 0 Å². The molecular formula is C16H20N2O4. The Kier molecular flexibility index (Phi) is 3.92. The number of aromatic nitrogens is 2. The van der Waals surface area contributed by atoms with Gasteiger partial charge in [0.2, 0.25) is 0 Å². The molecule has 1 fully saturated rings. The highest BCUT2D eigenvalue weighted by molar-refractivity contribution is 5.82. The van der Waals surface area contributed by atoms with Crippen molar-refractivity contribution in [1.82, 2.24) is 9.55 Å². The van der Waals surface area contributed by atoms with Crippen LogP contribution in [0.1, 0.15) is 31.7 Å². The molecule has 1 N–H and O–H groups in total. The zero-order chi connectivity index (χ0) is 15.7. The van der Waals surface area contributed by atoms with Crippen LogP contribution in [0.25, 0.3) is 11.0 Å². The lowest BCUT2D eigenvalue weighted by molar-refractivity contribution is -0.146. The maximum absolute atomic E-state index is 12.3. The molecule has 1 aliphatic rings. The van der Waals surface area contributed by atoms with E-state index in [0.29, 0.717) is 5.75 Å². The fourth-order valence-corrected chi connectivity index (χ4v) is 3.39. The average Bonchev–Trinajstić information content (AvgIpc) is 2.90. The summed E-state index contributed by atoms with van der Waals surface area (Å²) in [7, 11) is 3.01. The average molecular weight is 304 g/mol. The first-order valence-corrected chi connectivity index (χ1v) is 7.50. The Morgan fingerprint density at radius 1 is 1.23 bits per heavy atom. The number of para-hydroxylation sites is 1. The van der Waals surface area contributed by atoms with E-state index < -0.39 is 0 Å². The van der Waals surface area contributed by atoms with Gasteiger partial charge in [0, 0.05) is 6.04 Å². The van der Waals surface area contributed by atoms with Crippen LogP contribution in [0.4, 0.5) is 0 Å². The number of fused-ring (bicyclic) bond motifs is 1. The number of H-pyrrole nitrogens is 1. The van der Waals surface area contributed by atoms with Crippen molar-refractivity contribution >= 4 is 17.0 Å². The summed E-state index contributed by atoms with van der Waals surface area (Å²) >= 11 is 0. The van der Waals surface area contributed by atoms with Gasteiger partial charge >= 0.3 is 11.7 Å². The second-order valence-electron chi connectivity index (χ2n) is 5.68. The van der Waals surface area contributed by atoms with Gasteiger partial charge in [-0.2, -0.15) is 0 Å². The van der Waals surface area contributed by atoms with E-state index in [1.165, 1.54) is 7.11 Å². The zero-order valence-corrected chi connectivity index (χ0v) is 12.8. The molecule has 0 amide bonds. The SMILES string of the molecule is COc1cccc2c1[nH]c(=O)n2[C@H]1CC[C@@H](C(=O)OC)CC1. The van der Waals surface area contributed by atoms with E-state index in [1.54, 1.807) is 11.7 Å². The minimum atomic E-state index is -0.147. The number of nitrogens with zero attached hydrogens (tertiary/aromatic N) is 1. The van der Waals surface area contributed by atoms with Crippen molar-refractivity contribution < 1.29 is 14.3 Å². The van der Waals surface area contributed by atoms with Crippen molar-refractivity contribution in [2.75, 3.05) is 14.2 Å². The number of aromatic amines is 1. The molecule has 1 aliphatic carbocycles. The zero-order valence-electron chi connectivity index (χ0n) is 12.8. The molecule has 0 saturated heterocycles. The molecular weight excluding hydrogens is 284 g/mol. The van der Waals surface area contributed by atoms with E-state index in [9.17, 15) is 9.59 Å². The maximum Gasteiger partial charge on any atom is 0.326 e. The minimum absolute atomic E-state index is 0.0447. The summed E-state index contributed by atoms with van der Waals surface area (Å²) in [6, 6.07) is 5.73. The summed E-state index contributed by atoms with van der Waals surface area (Å²) in [6.07, 6.45) is 3.09. The number of hydrogen-bond acceptors (Lipinski definition) is 4. The van der Waals surface area contributed by atoms with Crippen LogP contribution in [0, 0.1) is 5.92 Å². The predicted octanol–water partition coefficient (Wildman–Crippen LogP) is 2.24. The molecule has 6 heteroatoms. The van der Waals surface area contributed by atoms with Crippen LogP contribution in [0.15, 0.2) is 23.0 Å². The summed E-state index contributed by atoms with van der Waals surface area (Å²) in [6.45, 7) is 0. The smallest absolute Gasteiger partial charge is 0.326 e. The molecule has 1 aromatic heterocycles. The highest BCUT2D eigenvalue weighted by atomic mass is 16.5. The summed E-state index contributed by atoms with van der Waals surface area (Å²) < 4.78 is 11.9. The molecule has 1 heterocycles. The van der Waals surface area contributed by atoms with Crippen LogP contribution in [-0.2, 0) is 9.53 Å². The Morgan fingerprint density at radius 2 is 1.95 bits per heavy atom. The fourth-order valence-electron chi connectivity index (χ4n) is 3.39. The van der Waals surface area contributed by atoms with Crippen LogP contribution in [0.5, 0.6) is 5.75 Å². The number of imidazole rings is 1. The van der Waals surface area contributed by atoms with Crippen LogP contribution in [-0.4, -0.2) is 29.7 Å². The monoisotopic (exact) mass is 304 g/mol. The lowest BCUT2D eigenvalue weighted by atomic mass is 9.86. The van der Waals surface area contributed by atoms with Gasteiger partial charge in [-0.05, 0) is 37.8 Å². The second kappa shape index (κ2) is 5.87. The number of esters is 1. The lowest BCUT2D eigenvalue weighted by Gasteiger charge is -2.27. The topological polar surface area (TPSA) is 73.3 Å². The number of hydrogen-bond donors (Lipinski definition) is 1. The van der Waals surface area contributed by atoms with E-state index in [2.05, 4.69) is 4.98 Å². The van der Waals surface area contributed by atoms with Crippen LogP contribution in [0.3, 0.4) is 0 Å². The number of rotatable bonds is 3. The minimum Gasteiger partial charge on any atom is -0.494 e. The molecule has 1 aromatic carbocycles. The molecule has 0 aliphatic heterocycles. The summed E-state index contributed by atoms with van der Waals surface area (Å²) in [5, 5.41) is 0. The molecule has 0 atom stereocenters. The van der Waals surface area contributed by atoms with E-state index in [0.717, 1.165) is 36.7 Å². The van der Waals surface area contributed by atoms with Crippen molar-refractivity contribution in [2.24, 2.45) is 5.92 Å². The van der Waals surface area contributed by atoms with Gasteiger partial charge in [-0.1, -0.05) is 6.07 Å². The van der Waals surface area contributed by atoms with Gasteiger partial charge in [-0.3, -0.25) is 9.36 Å². The van der Waals surface area contributed by atoms with Crippen molar-refractivity contribution in [1.29, 1.82) is 0 Å². The van der Waals surface area contributed by atoms with Crippen molar-refractivity contribution in [3.63, 3.8) is 0 Å². The number of carbonyl (C=O) groups excluding carboxylic acids is 1. The molecule has 0 bridgehead atoms. The highest BCUT2D eigenvalue weighted by Crippen LogP contribution is 2.34. The number of methoxy groups -OCH3 is 2. The lowest BCUT2D eigenvalue weighted by Crippen LogP contribution is -2.29. The highest BCUT2D eigenvalue weighted by Gasteiger charge is 2.29. The number of carbonyl (C=O) groups is 1. The third kappa shape index (κ3) is 2.38. The standard InChI is InChI=1S/C16H20N2O4/c1-21-13-5-3-4-12-14(13)17-16(20)18(12)11-8-6-10(7-9-11)15(19)22-2/h3-5,10-11H,6-9H2,1-2H3,(H,17,20)/t10-,11+. The molecule has 2 aromatic rings. The van der Waals surface area contributed by atoms with E-state index in [4.69, 9.17) is 9.47 Å². The third-order valence-corrected chi connectivity index (χ3v) is 4.53. The van der Waals surface area contributed by atoms with Crippen LogP contribution < -0.4 is 10.4 Å². The maximum atomic E-state index is 12.3. The molecule has 6 nitrogen and oxygen atoms in total. The van der Waals surface area contributed by atoms with Gasteiger partial charge in [0.15, 0.2) is 0 Å². The Balaban J connectivity index is 1.90. The first-order valence-electron chi connectivity index (χ1n) is 7.50. The van der Waals surface area contributed by atoms with Gasteiger partial charge in [-0.15, -0.1) is 0 Å². The molecule has 22 heavy (non-hydrogen) atoms. The van der Waals surface area contributed by atoms with E-state index in [-0.39, 0.29) is 23.6 Å². The normalized spacial score (nSPS) is 21.7. The van der Waals surface area contributed by atoms with Gasteiger partial charge in [-0.25, -0.2) is 4.79 Å². The number of benzene rings is 1. The Hall–Kier alpha value is -2.24.